The van der Waals surface area contributed by atoms with E-state index in [-0.39, 0.29) is 5.91 Å². The van der Waals surface area contributed by atoms with Gasteiger partial charge in [-0.15, -0.1) is 29.3 Å². The Hall–Kier alpha value is -1.21. The molecular weight excluding hydrogens is 314 g/mol. The Kier molecular flexibility index (Phi) is 5.31. The first-order valence-electron chi connectivity index (χ1n) is 5.93. The Morgan fingerprint density at radius 1 is 1.55 bits per heavy atom. The number of amides is 1. The Morgan fingerprint density at radius 2 is 2.35 bits per heavy atom. The zero-order chi connectivity index (χ0) is 14.5. The van der Waals surface area contributed by atoms with Crippen LogP contribution in [0.4, 0.5) is 0 Å². The molecule has 106 valence electrons. The van der Waals surface area contributed by atoms with Gasteiger partial charge in [-0.05, 0) is 12.1 Å². The lowest BCUT2D eigenvalue weighted by atomic mass is 10.3. The number of rotatable bonds is 6. The Labute approximate surface area is 130 Å². The molecule has 0 aliphatic carbocycles. The minimum Gasteiger partial charge on any atom is -0.328 e. The molecule has 2 rings (SSSR count). The SMILES string of the molecule is C=CCN(Cc1ccc(Cl)s1)C(=O)c1csc(CN)n1. The lowest BCUT2D eigenvalue weighted by Gasteiger charge is -2.19. The third-order valence-electron chi connectivity index (χ3n) is 2.56. The number of nitrogens with two attached hydrogens (primary N) is 1. The molecule has 0 bridgehead atoms. The molecule has 0 radical (unpaired) electrons. The molecule has 0 atom stereocenters. The van der Waals surface area contributed by atoms with Gasteiger partial charge in [-0.3, -0.25) is 4.79 Å². The van der Waals surface area contributed by atoms with Gasteiger partial charge in [-0.1, -0.05) is 17.7 Å². The highest BCUT2D eigenvalue weighted by molar-refractivity contribution is 7.16. The van der Waals surface area contributed by atoms with Crippen LogP contribution >= 0.6 is 34.3 Å². The summed E-state index contributed by atoms with van der Waals surface area (Å²) < 4.78 is 0.713. The van der Waals surface area contributed by atoms with Crippen LogP contribution in [-0.2, 0) is 13.1 Å². The third kappa shape index (κ3) is 3.67. The maximum Gasteiger partial charge on any atom is 0.273 e. The number of nitrogens with zero attached hydrogens (tertiary/aromatic N) is 2. The first kappa shape index (κ1) is 15.2. The fraction of sp³-hybridized carbons (Fsp3) is 0.231. The van der Waals surface area contributed by atoms with Crippen molar-refractivity contribution >= 4 is 40.2 Å². The summed E-state index contributed by atoms with van der Waals surface area (Å²) >= 11 is 8.77. The van der Waals surface area contributed by atoms with Crippen molar-refractivity contribution in [3.05, 3.63) is 50.1 Å². The monoisotopic (exact) mass is 327 g/mol. The summed E-state index contributed by atoms with van der Waals surface area (Å²) in [6.45, 7) is 5.00. The first-order valence-corrected chi connectivity index (χ1v) is 8.00. The predicted octanol–water partition coefficient (Wildman–Crippen LogP) is 3.15. The van der Waals surface area contributed by atoms with Crippen LogP contribution in [0.3, 0.4) is 0 Å². The van der Waals surface area contributed by atoms with Gasteiger partial charge in [0.1, 0.15) is 10.7 Å². The van der Waals surface area contributed by atoms with Crippen LogP contribution in [0.1, 0.15) is 20.4 Å². The highest BCUT2D eigenvalue weighted by Crippen LogP contribution is 2.23. The van der Waals surface area contributed by atoms with Crippen molar-refractivity contribution in [2.75, 3.05) is 6.54 Å². The lowest BCUT2D eigenvalue weighted by Crippen LogP contribution is -2.30. The molecular formula is C13H14ClN3OS2. The van der Waals surface area contributed by atoms with Gasteiger partial charge in [0, 0.05) is 23.3 Å². The largest absolute Gasteiger partial charge is 0.328 e. The van der Waals surface area contributed by atoms with Crippen molar-refractivity contribution in [2.24, 2.45) is 5.73 Å². The maximum atomic E-state index is 12.4. The number of hydrogen-bond donors (Lipinski definition) is 1. The average Bonchev–Trinajstić information content (AvgIpc) is 3.06. The normalized spacial score (nSPS) is 10.5. The van der Waals surface area contributed by atoms with Crippen LogP contribution in [0, 0.1) is 0 Å². The van der Waals surface area contributed by atoms with E-state index < -0.39 is 0 Å². The van der Waals surface area contributed by atoms with E-state index in [1.165, 1.54) is 22.7 Å². The quantitative estimate of drug-likeness (QED) is 0.829. The second-order valence-electron chi connectivity index (χ2n) is 4.01. The average molecular weight is 328 g/mol. The fourth-order valence-corrected chi connectivity index (χ4v) is 3.42. The summed E-state index contributed by atoms with van der Waals surface area (Å²) in [6, 6.07) is 3.75. The zero-order valence-corrected chi connectivity index (χ0v) is 13.1. The van der Waals surface area contributed by atoms with E-state index in [2.05, 4.69) is 11.6 Å². The van der Waals surface area contributed by atoms with Crippen LogP contribution in [0.5, 0.6) is 0 Å². The number of halogens is 1. The van der Waals surface area contributed by atoms with Crippen LogP contribution in [-0.4, -0.2) is 22.3 Å². The standard InChI is InChI=1S/C13H14ClN3OS2/c1-2-5-17(7-9-3-4-11(14)20-9)13(18)10-8-19-12(6-15)16-10/h2-4,8H,1,5-7,15H2. The predicted molar refractivity (Wildman–Crippen MR) is 84.3 cm³/mol. The molecule has 0 saturated carbocycles. The van der Waals surface area contributed by atoms with Crippen LogP contribution < -0.4 is 5.73 Å². The molecule has 2 N–H and O–H groups in total. The molecule has 4 nitrogen and oxygen atoms in total. The van der Waals surface area contributed by atoms with Crippen LogP contribution in [0.25, 0.3) is 0 Å². The summed E-state index contributed by atoms with van der Waals surface area (Å²) in [6.07, 6.45) is 1.70. The Morgan fingerprint density at radius 3 is 2.90 bits per heavy atom. The molecule has 0 spiro atoms. The number of aromatic nitrogens is 1. The minimum atomic E-state index is -0.120. The van der Waals surface area contributed by atoms with Crippen molar-refractivity contribution in [3.8, 4) is 0 Å². The highest BCUT2D eigenvalue weighted by Gasteiger charge is 2.18. The van der Waals surface area contributed by atoms with Gasteiger partial charge < -0.3 is 10.6 Å². The first-order chi connectivity index (χ1) is 9.63. The minimum absolute atomic E-state index is 0.120. The van der Waals surface area contributed by atoms with Gasteiger partial charge in [-0.2, -0.15) is 0 Å². The molecule has 7 heteroatoms. The fourth-order valence-electron chi connectivity index (χ4n) is 1.66. The van der Waals surface area contributed by atoms with Crippen molar-refractivity contribution < 1.29 is 4.79 Å². The smallest absolute Gasteiger partial charge is 0.273 e. The number of carbonyl (C=O) groups excluding carboxylic acids is 1. The summed E-state index contributed by atoms with van der Waals surface area (Å²) in [4.78, 5) is 19.4. The van der Waals surface area contributed by atoms with E-state index in [9.17, 15) is 4.79 Å². The van der Waals surface area contributed by atoms with Gasteiger partial charge in [0.15, 0.2) is 0 Å². The van der Waals surface area contributed by atoms with Gasteiger partial charge in [0.05, 0.1) is 10.9 Å². The summed E-state index contributed by atoms with van der Waals surface area (Å²) in [5.41, 5.74) is 5.95. The van der Waals surface area contributed by atoms with E-state index in [1.807, 2.05) is 12.1 Å². The molecule has 0 unspecified atom stereocenters. The van der Waals surface area contributed by atoms with E-state index in [1.54, 1.807) is 16.4 Å². The van der Waals surface area contributed by atoms with Gasteiger partial charge in [0.2, 0.25) is 0 Å². The maximum absolute atomic E-state index is 12.4. The molecule has 0 fully saturated rings. The summed E-state index contributed by atoms with van der Waals surface area (Å²) in [5, 5.41) is 2.49. The third-order valence-corrected chi connectivity index (χ3v) is 4.64. The van der Waals surface area contributed by atoms with Gasteiger partial charge >= 0.3 is 0 Å². The second kappa shape index (κ2) is 6.99. The molecule has 0 aliphatic heterocycles. The van der Waals surface area contributed by atoms with Gasteiger partial charge in [-0.25, -0.2) is 4.98 Å². The number of thiazole rings is 1. The number of carbonyl (C=O) groups is 1. The molecule has 2 aromatic rings. The van der Waals surface area contributed by atoms with Crippen molar-refractivity contribution in [2.45, 2.75) is 13.1 Å². The highest BCUT2D eigenvalue weighted by atomic mass is 35.5. The van der Waals surface area contributed by atoms with E-state index in [0.29, 0.717) is 29.7 Å². The van der Waals surface area contributed by atoms with E-state index in [4.69, 9.17) is 17.3 Å². The van der Waals surface area contributed by atoms with Crippen LogP contribution in [0.15, 0.2) is 30.2 Å². The second-order valence-corrected chi connectivity index (χ2v) is 6.75. The summed E-state index contributed by atoms with van der Waals surface area (Å²) in [7, 11) is 0. The molecule has 0 saturated heterocycles. The Bertz CT molecular complexity index is 608. The number of thiophene rings is 1. The topological polar surface area (TPSA) is 59.2 Å². The molecule has 0 aromatic carbocycles. The molecule has 2 heterocycles. The van der Waals surface area contributed by atoms with E-state index >= 15 is 0 Å². The van der Waals surface area contributed by atoms with Crippen molar-refractivity contribution in [1.82, 2.24) is 9.88 Å². The lowest BCUT2D eigenvalue weighted by molar-refractivity contribution is 0.0759. The van der Waals surface area contributed by atoms with Crippen molar-refractivity contribution in [1.29, 1.82) is 0 Å². The molecule has 20 heavy (non-hydrogen) atoms. The molecule has 2 aromatic heterocycles. The Balaban J connectivity index is 2.14. The van der Waals surface area contributed by atoms with Crippen molar-refractivity contribution in [3.63, 3.8) is 0 Å². The van der Waals surface area contributed by atoms with Gasteiger partial charge in [0.25, 0.3) is 5.91 Å². The van der Waals surface area contributed by atoms with Crippen LogP contribution in [0.2, 0.25) is 4.34 Å². The molecule has 1 amide bonds. The molecule has 0 aliphatic rings. The summed E-state index contributed by atoms with van der Waals surface area (Å²) in [5.74, 6) is -0.120. The zero-order valence-electron chi connectivity index (χ0n) is 10.7. The van der Waals surface area contributed by atoms with E-state index in [0.717, 1.165) is 9.88 Å². The number of hydrogen-bond acceptors (Lipinski definition) is 5.